The number of H-pyrrole nitrogens is 1. The predicted octanol–water partition coefficient (Wildman–Crippen LogP) is 1.70. The highest BCUT2D eigenvalue weighted by Crippen LogP contribution is 2.28. The van der Waals surface area contributed by atoms with Gasteiger partial charge in [-0.2, -0.15) is 0 Å². The lowest BCUT2D eigenvalue weighted by Gasteiger charge is -2.26. The lowest BCUT2D eigenvalue weighted by atomic mass is 9.78. The summed E-state index contributed by atoms with van der Waals surface area (Å²) in [6.07, 6.45) is 3.73. The third-order valence-electron chi connectivity index (χ3n) is 2.32. The predicted molar refractivity (Wildman–Crippen MR) is 52.9 cm³/mol. The Morgan fingerprint density at radius 1 is 1.64 bits per heavy atom. The Kier molecular flexibility index (Phi) is 2.93. The number of nitrogens with one attached hydrogen (secondary N) is 1. The largest absolute Gasteiger partial charge is 0.481 e. The number of carboxylic acids is 1. The van der Waals surface area contributed by atoms with Crippen molar-refractivity contribution in [3.63, 3.8) is 0 Å². The van der Waals surface area contributed by atoms with E-state index >= 15 is 0 Å². The minimum absolute atomic E-state index is 0.239. The molecule has 0 aliphatic carbocycles. The van der Waals surface area contributed by atoms with Gasteiger partial charge in [0.15, 0.2) is 0 Å². The second-order valence-electron chi connectivity index (χ2n) is 4.54. The van der Waals surface area contributed by atoms with Gasteiger partial charge in [-0.15, -0.1) is 0 Å². The second-order valence-corrected chi connectivity index (χ2v) is 4.54. The van der Waals surface area contributed by atoms with Gasteiger partial charge in [-0.25, -0.2) is 4.98 Å². The minimum Gasteiger partial charge on any atom is -0.481 e. The fraction of sp³-hybridized carbons (Fsp3) is 0.600. The third kappa shape index (κ3) is 2.58. The molecular formula is C10H16N2O2. The summed E-state index contributed by atoms with van der Waals surface area (Å²) in [5, 5.41) is 9.07. The van der Waals surface area contributed by atoms with E-state index in [1.807, 2.05) is 20.8 Å². The van der Waals surface area contributed by atoms with E-state index in [1.54, 1.807) is 12.5 Å². The zero-order chi connectivity index (χ0) is 10.8. The van der Waals surface area contributed by atoms with Crippen molar-refractivity contribution in [2.75, 3.05) is 0 Å². The molecular weight excluding hydrogens is 180 g/mol. The number of nitrogens with zero attached hydrogens (tertiary/aromatic N) is 1. The zero-order valence-corrected chi connectivity index (χ0v) is 8.74. The quantitative estimate of drug-likeness (QED) is 0.773. The molecule has 0 fully saturated rings. The molecule has 0 unspecified atom stereocenters. The molecule has 0 bridgehead atoms. The Labute approximate surface area is 83.4 Å². The van der Waals surface area contributed by atoms with Crippen molar-refractivity contribution in [2.45, 2.75) is 27.2 Å². The highest BCUT2D eigenvalue weighted by molar-refractivity contribution is 5.71. The molecule has 4 heteroatoms. The first kappa shape index (κ1) is 10.8. The van der Waals surface area contributed by atoms with Gasteiger partial charge in [0.25, 0.3) is 0 Å². The van der Waals surface area contributed by atoms with Gasteiger partial charge in [0, 0.05) is 18.3 Å². The summed E-state index contributed by atoms with van der Waals surface area (Å²) in [6, 6.07) is 0. The summed E-state index contributed by atoms with van der Waals surface area (Å²) < 4.78 is 0. The summed E-state index contributed by atoms with van der Waals surface area (Å²) in [7, 11) is 0. The molecule has 1 rings (SSSR count). The number of rotatable bonds is 3. The van der Waals surface area contributed by atoms with Crippen LogP contribution in [0.3, 0.4) is 0 Å². The molecule has 1 aromatic heterocycles. The average Bonchev–Trinajstić information content (AvgIpc) is 2.48. The number of aromatic amines is 1. The molecule has 0 radical (unpaired) electrons. The van der Waals surface area contributed by atoms with Crippen LogP contribution in [-0.2, 0) is 11.2 Å². The van der Waals surface area contributed by atoms with Crippen LogP contribution in [0.15, 0.2) is 12.5 Å². The van der Waals surface area contributed by atoms with Crippen molar-refractivity contribution in [1.82, 2.24) is 9.97 Å². The zero-order valence-electron chi connectivity index (χ0n) is 8.74. The average molecular weight is 196 g/mol. The van der Waals surface area contributed by atoms with Gasteiger partial charge in [-0.05, 0) is 5.41 Å². The highest BCUT2D eigenvalue weighted by atomic mass is 16.4. The van der Waals surface area contributed by atoms with Gasteiger partial charge in [-0.1, -0.05) is 20.8 Å². The van der Waals surface area contributed by atoms with Crippen molar-refractivity contribution >= 4 is 5.97 Å². The van der Waals surface area contributed by atoms with Gasteiger partial charge in [-0.3, -0.25) is 4.79 Å². The Balaban J connectivity index is 2.76. The molecule has 0 saturated heterocycles. The van der Waals surface area contributed by atoms with E-state index in [4.69, 9.17) is 5.11 Å². The number of imidazole rings is 1. The number of carbonyl (C=O) groups is 1. The van der Waals surface area contributed by atoms with Gasteiger partial charge >= 0.3 is 5.97 Å². The Morgan fingerprint density at radius 3 is 2.64 bits per heavy atom. The van der Waals surface area contributed by atoms with Crippen molar-refractivity contribution in [3.8, 4) is 0 Å². The SMILES string of the molecule is CC(C)(C)[C@@H](Cc1cnc[nH]1)C(=O)O. The van der Waals surface area contributed by atoms with Gasteiger partial charge in [0.2, 0.25) is 0 Å². The van der Waals surface area contributed by atoms with Crippen molar-refractivity contribution in [3.05, 3.63) is 18.2 Å². The van der Waals surface area contributed by atoms with E-state index in [2.05, 4.69) is 9.97 Å². The molecule has 0 saturated carbocycles. The molecule has 0 aromatic carbocycles. The molecule has 4 nitrogen and oxygen atoms in total. The van der Waals surface area contributed by atoms with E-state index in [0.29, 0.717) is 6.42 Å². The van der Waals surface area contributed by atoms with Gasteiger partial charge < -0.3 is 10.1 Å². The van der Waals surface area contributed by atoms with Crippen LogP contribution in [0.5, 0.6) is 0 Å². The van der Waals surface area contributed by atoms with Crippen LogP contribution in [0.4, 0.5) is 0 Å². The summed E-state index contributed by atoms with van der Waals surface area (Å²) in [4.78, 5) is 17.8. The normalized spacial score (nSPS) is 13.9. The van der Waals surface area contributed by atoms with Crippen LogP contribution in [0, 0.1) is 11.3 Å². The van der Waals surface area contributed by atoms with Crippen LogP contribution in [0.1, 0.15) is 26.5 Å². The minimum atomic E-state index is -0.757. The monoisotopic (exact) mass is 196 g/mol. The van der Waals surface area contributed by atoms with Crippen molar-refractivity contribution < 1.29 is 9.90 Å². The Morgan fingerprint density at radius 2 is 2.29 bits per heavy atom. The summed E-state index contributed by atoms with van der Waals surface area (Å²) >= 11 is 0. The molecule has 0 aliphatic heterocycles. The van der Waals surface area contributed by atoms with E-state index in [-0.39, 0.29) is 11.3 Å². The second kappa shape index (κ2) is 3.82. The van der Waals surface area contributed by atoms with Crippen LogP contribution in [-0.4, -0.2) is 21.0 Å². The Hall–Kier alpha value is -1.32. The van der Waals surface area contributed by atoms with E-state index in [1.165, 1.54) is 0 Å². The van der Waals surface area contributed by atoms with Gasteiger partial charge in [0.1, 0.15) is 0 Å². The fourth-order valence-corrected chi connectivity index (χ4v) is 1.38. The van der Waals surface area contributed by atoms with Crippen molar-refractivity contribution in [2.24, 2.45) is 11.3 Å². The summed E-state index contributed by atoms with van der Waals surface area (Å²) in [5.74, 6) is -1.14. The molecule has 0 amide bonds. The maximum atomic E-state index is 11.0. The smallest absolute Gasteiger partial charge is 0.307 e. The number of carboxylic acid groups (broad SMARTS) is 1. The first-order valence-electron chi connectivity index (χ1n) is 4.61. The number of hydrogen-bond acceptors (Lipinski definition) is 2. The Bertz CT molecular complexity index is 298. The van der Waals surface area contributed by atoms with E-state index in [9.17, 15) is 4.79 Å². The number of hydrogen-bond donors (Lipinski definition) is 2. The van der Waals surface area contributed by atoms with Crippen molar-refractivity contribution in [1.29, 1.82) is 0 Å². The number of aromatic nitrogens is 2. The number of aliphatic carboxylic acids is 1. The lowest BCUT2D eigenvalue weighted by molar-refractivity contribution is -0.145. The topological polar surface area (TPSA) is 66.0 Å². The van der Waals surface area contributed by atoms with E-state index < -0.39 is 5.97 Å². The van der Waals surface area contributed by atoms with Crippen LogP contribution < -0.4 is 0 Å². The standard InChI is InChI=1S/C10H16N2O2/c1-10(2,3)8(9(13)14)4-7-5-11-6-12-7/h5-6,8H,4H2,1-3H3,(H,11,12)(H,13,14)/t8-/m0/s1. The van der Waals surface area contributed by atoms with Crippen LogP contribution in [0.25, 0.3) is 0 Å². The van der Waals surface area contributed by atoms with E-state index in [0.717, 1.165) is 5.69 Å². The first-order valence-corrected chi connectivity index (χ1v) is 4.61. The molecule has 1 heterocycles. The lowest BCUT2D eigenvalue weighted by Crippen LogP contribution is -2.30. The first-order chi connectivity index (χ1) is 6.41. The fourth-order valence-electron chi connectivity index (χ4n) is 1.38. The molecule has 1 aromatic rings. The maximum absolute atomic E-state index is 11.0. The highest BCUT2D eigenvalue weighted by Gasteiger charge is 2.31. The molecule has 2 N–H and O–H groups in total. The third-order valence-corrected chi connectivity index (χ3v) is 2.32. The van der Waals surface area contributed by atoms with Crippen LogP contribution in [0.2, 0.25) is 0 Å². The molecule has 14 heavy (non-hydrogen) atoms. The molecule has 0 spiro atoms. The molecule has 1 atom stereocenters. The molecule has 78 valence electrons. The maximum Gasteiger partial charge on any atom is 0.307 e. The summed E-state index contributed by atoms with van der Waals surface area (Å²) in [6.45, 7) is 5.80. The summed E-state index contributed by atoms with van der Waals surface area (Å²) in [5.41, 5.74) is 0.629. The molecule has 0 aliphatic rings. The van der Waals surface area contributed by atoms with Gasteiger partial charge in [0.05, 0.1) is 12.2 Å². The van der Waals surface area contributed by atoms with Crippen LogP contribution >= 0.6 is 0 Å².